The number of rotatable bonds is 2. The minimum atomic E-state index is -0.120. The molecule has 2 aromatic heterocycles. The van der Waals surface area contributed by atoms with E-state index in [9.17, 15) is 4.79 Å². The zero-order chi connectivity index (χ0) is 17.6. The van der Waals surface area contributed by atoms with E-state index in [0.29, 0.717) is 34.3 Å². The molecule has 3 heterocycles. The van der Waals surface area contributed by atoms with E-state index in [-0.39, 0.29) is 18.2 Å². The highest BCUT2D eigenvalue weighted by atomic mass is 16.5. The van der Waals surface area contributed by atoms with Crippen LogP contribution in [0.5, 0.6) is 5.75 Å². The average molecular weight is 335 g/mol. The summed E-state index contributed by atoms with van der Waals surface area (Å²) in [5.74, 6) is 0.965. The fourth-order valence-electron chi connectivity index (χ4n) is 2.63. The first-order valence-corrected chi connectivity index (χ1v) is 7.41. The number of imidazole rings is 1. The van der Waals surface area contributed by atoms with Crippen molar-refractivity contribution in [2.24, 2.45) is 0 Å². The Morgan fingerprint density at radius 1 is 1.40 bits per heavy atom. The lowest BCUT2D eigenvalue weighted by Gasteiger charge is -2.26. The fourth-order valence-corrected chi connectivity index (χ4v) is 2.63. The molecule has 9 nitrogen and oxygen atoms in total. The lowest BCUT2D eigenvalue weighted by molar-refractivity contribution is -0.120. The van der Waals surface area contributed by atoms with Crippen LogP contribution in [0.25, 0.3) is 5.65 Å². The summed E-state index contributed by atoms with van der Waals surface area (Å²) in [6, 6.07) is 9.02. The minimum Gasteiger partial charge on any atom is -0.482 e. The predicted molar refractivity (Wildman–Crippen MR) is 90.7 cm³/mol. The van der Waals surface area contributed by atoms with E-state index in [0.717, 1.165) is 0 Å². The van der Waals surface area contributed by atoms with E-state index in [1.165, 1.54) is 10.7 Å². The maximum Gasteiger partial charge on any atom is 0.264 e. The normalized spacial score (nSPS) is 13.3. The second-order valence-electron chi connectivity index (χ2n) is 5.52. The second-order valence-corrected chi connectivity index (χ2v) is 5.52. The maximum atomic E-state index is 11.8. The first-order valence-electron chi connectivity index (χ1n) is 7.41. The molecule has 0 bridgehead atoms. The molecule has 4 rings (SSSR count). The Kier molecular flexibility index (Phi) is 3.18. The lowest BCUT2D eigenvalue weighted by Crippen LogP contribution is -2.35. The number of aromatic nitrogens is 3. The van der Waals surface area contributed by atoms with Crippen LogP contribution in [0.1, 0.15) is 5.69 Å². The van der Waals surface area contributed by atoms with Crippen molar-refractivity contribution in [3.05, 3.63) is 36.2 Å². The number of hydrogen-bond acceptors (Lipinski definition) is 7. The van der Waals surface area contributed by atoms with Gasteiger partial charge in [-0.3, -0.25) is 4.79 Å². The number of anilines is 4. The predicted octanol–water partition coefficient (Wildman–Crippen LogP) is 1.28. The quantitative estimate of drug-likeness (QED) is 0.723. The molecule has 1 aliphatic heterocycles. The molecular weight excluding hydrogens is 322 g/mol. The summed E-state index contributed by atoms with van der Waals surface area (Å²) in [4.78, 5) is 17.4. The first-order chi connectivity index (χ1) is 12.1. The number of amides is 1. The standard InChI is InChI=1S/C16H13N7O2/c1-22-12-4-9(2-3-13(12)25-8-15(22)24)20-14-5-11(18)16-19-7-10(6-17)23(16)21-14/h2-5,7H,8,18H2,1H3,(H,20,21). The van der Waals surface area contributed by atoms with Gasteiger partial charge in [0.25, 0.3) is 5.91 Å². The Hall–Kier alpha value is -3.80. The number of benzene rings is 1. The number of nitrogens with two attached hydrogens (primary N) is 1. The van der Waals surface area contributed by atoms with Crippen LogP contribution in [-0.4, -0.2) is 34.2 Å². The molecule has 1 amide bonds. The third-order valence-corrected chi connectivity index (χ3v) is 3.93. The van der Waals surface area contributed by atoms with Crippen molar-refractivity contribution in [3.8, 4) is 11.8 Å². The van der Waals surface area contributed by atoms with E-state index >= 15 is 0 Å². The number of nitrogens with zero attached hydrogens (tertiary/aromatic N) is 5. The molecule has 3 N–H and O–H groups in total. The molecule has 0 saturated carbocycles. The largest absolute Gasteiger partial charge is 0.482 e. The number of carbonyl (C=O) groups excluding carboxylic acids is 1. The highest BCUT2D eigenvalue weighted by Crippen LogP contribution is 2.34. The molecule has 0 spiro atoms. The highest BCUT2D eigenvalue weighted by molar-refractivity contribution is 5.98. The number of nitrogens with one attached hydrogen (secondary N) is 1. The van der Waals surface area contributed by atoms with Gasteiger partial charge >= 0.3 is 0 Å². The van der Waals surface area contributed by atoms with Crippen LogP contribution in [-0.2, 0) is 4.79 Å². The van der Waals surface area contributed by atoms with Gasteiger partial charge in [-0.2, -0.15) is 9.78 Å². The summed E-state index contributed by atoms with van der Waals surface area (Å²) < 4.78 is 6.79. The summed E-state index contributed by atoms with van der Waals surface area (Å²) in [5.41, 5.74) is 8.45. The van der Waals surface area contributed by atoms with Crippen LogP contribution < -0.4 is 20.7 Å². The molecule has 3 aromatic rings. The maximum absolute atomic E-state index is 11.8. The molecule has 0 atom stereocenters. The van der Waals surface area contributed by atoms with Crippen molar-refractivity contribution in [2.75, 3.05) is 29.6 Å². The van der Waals surface area contributed by atoms with Gasteiger partial charge in [-0.25, -0.2) is 4.98 Å². The summed E-state index contributed by atoms with van der Waals surface area (Å²) in [7, 11) is 1.69. The summed E-state index contributed by atoms with van der Waals surface area (Å²) in [6.07, 6.45) is 1.42. The molecular formula is C16H13N7O2. The van der Waals surface area contributed by atoms with Gasteiger partial charge in [-0.1, -0.05) is 0 Å². The van der Waals surface area contributed by atoms with Crippen molar-refractivity contribution in [1.29, 1.82) is 5.26 Å². The van der Waals surface area contributed by atoms with Gasteiger partial charge < -0.3 is 20.7 Å². The Morgan fingerprint density at radius 3 is 3.04 bits per heavy atom. The van der Waals surface area contributed by atoms with E-state index in [2.05, 4.69) is 15.4 Å². The molecule has 25 heavy (non-hydrogen) atoms. The van der Waals surface area contributed by atoms with Crippen LogP contribution in [0.3, 0.4) is 0 Å². The molecule has 0 unspecified atom stereocenters. The number of nitrogen functional groups attached to an aromatic ring is 1. The van der Waals surface area contributed by atoms with Gasteiger partial charge in [0.2, 0.25) is 0 Å². The average Bonchev–Trinajstić information content (AvgIpc) is 3.02. The number of likely N-dealkylation sites (N-methyl/N-ethyl adjacent to an activating group) is 1. The van der Waals surface area contributed by atoms with Crippen LogP contribution in [0.2, 0.25) is 0 Å². The Labute approximate surface area is 142 Å². The zero-order valence-electron chi connectivity index (χ0n) is 13.2. The molecule has 1 aromatic carbocycles. The van der Waals surface area contributed by atoms with Gasteiger partial charge in [0.15, 0.2) is 23.8 Å². The van der Waals surface area contributed by atoms with Crippen LogP contribution in [0, 0.1) is 11.3 Å². The first kappa shape index (κ1) is 14.8. The Bertz CT molecular complexity index is 1050. The van der Waals surface area contributed by atoms with E-state index in [1.54, 1.807) is 30.1 Å². The minimum absolute atomic E-state index is 0.0304. The number of nitriles is 1. The smallest absolute Gasteiger partial charge is 0.264 e. The van der Waals surface area contributed by atoms with Gasteiger partial charge in [-0.15, -0.1) is 5.10 Å². The monoisotopic (exact) mass is 335 g/mol. The fraction of sp³-hybridized carbons (Fsp3) is 0.125. The van der Waals surface area contributed by atoms with Gasteiger partial charge in [-0.05, 0) is 18.2 Å². The van der Waals surface area contributed by atoms with Crippen LogP contribution >= 0.6 is 0 Å². The number of fused-ring (bicyclic) bond motifs is 2. The van der Waals surface area contributed by atoms with Crippen molar-refractivity contribution in [1.82, 2.24) is 14.6 Å². The van der Waals surface area contributed by atoms with Crippen molar-refractivity contribution in [3.63, 3.8) is 0 Å². The molecule has 9 heteroatoms. The molecule has 1 aliphatic rings. The summed E-state index contributed by atoms with van der Waals surface area (Å²) >= 11 is 0. The number of hydrogen-bond donors (Lipinski definition) is 2. The number of ether oxygens (including phenoxy) is 1. The summed E-state index contributed by atoms with van der Waals surface area (Å²) in [5, 5.41) is 16.6. The molecule has 0 aliphatic carbocycles. The van der Waals surface area contributed by atoms with E-state index in [4.69, 9.17) is 15.7 Å². The van der Waals surface area contributed by atoms with Crippen molar-refractivity contribution >= 4 is 34.4 Å². The Balaban J connectivity index is 1.72. The van der Waals surface area contributed by atoms with Gasteiger partial charge in [0.05, 0.1) is 17.6 Å². The van der Waals surface area contributed by atoms with Crippen LogP contribution in [0.15, 0.2) is 30.5 Å². The van der Waals surface area contributed by atoms with Gasteiger partial charge in [0, 0.05) is 18.8 Å². The van der Waals surface area contributed by atoms with Crippen LogP contribution in [0.4, 0.5) is 22.9 Å². The highest BCUT2D eigenvalue weighted by Gasteiger charge is 2.22. The van der Waals surface area contributed by atoms with Gasteiger partial charge in [0.1, 0.15) is 11.8 Å². The molecule has 124 valence electrons. The topological polar surface area (TPSA) is 122 Å². The third kappa shape index (κ3) is 2.36. The number of carbonyl (C=O) groups is 1. The second kappa shape index (κ2) is 5.38. The zero-order valence-corrected chi connectivity index (χ0v) is 13.2. The van der Waals surface area contributed by atoms with E-state index < -0.39 is 0 Å². The van der Waals surface area contributed by atoms with Crippen molar-refractivity contribution in [2.45, 2.75) is 0 Å². The Morgan fingerprint density at radius 2 is 2.24 bits per heavy atom. The molecule has 0 fully saturated rings. The lowest BCUT2D eigenvalue weighted by atomic mass is 10.2. The van der Waals surface area contributed by atoms with Crippen molar-refractivity contribution < 1.29 is 9.53 Å². The summed E-state index contributed by atoms with van der Waals surface area (Å²) in [6.45, 7) is 0.0304. The van der Waals surface area contributed by atoms with E-state index in [1.807, 2.05) is 12.1 Å². The SMILES string of the molecule is CN1C(=O)COc2ccc(Nc3cc(N)c4ncc(C#N)n4n3)cc21. The molecule has 0 saturated heterocycles. The molecule has 0 radical (unpaired) electrons. The third-order valence-electron chi connectivity index (χ3n) is 3.93.